The molecule has 0 bridgehead atoms. The van der Waals surface area contributed by atoms with Gasteiger partial charge in [0.05, 0.1) is 6.54 Å². The van der Waals surface area contributed by atoms with Gasteiger partial charge >= 0.3 is 0 Å². The standard InChI is InChI=1S/C26H28ClN3O2/c1-5-25(32)29-13-18(14-29)10-20(31)15-30-17(4)26(22-11-19(27)6-7-24(22)30)23-12-28-9-8-21(23)16(2)3/h5-9,11-12,16,18H,1,10,13-15H2,2-4H3. The molecule has 1 saturated heterocycles. The Morgan fingerprint density at radius 2 is 2.03 bits per heavy atom. The molecule has 1 aliphatic rings. The van der Waals surface area contributed by atoms with E-state index in [0.717, 1.165) is 27.7 Å². The van der Waals surface area contributed by atoms with Gasteiger partial charge in [0, 0.05) is 70.6 Å². The van der Waals surface area contributed by atoms with Gasteiger partial charge < -0.3 is 9.47 Å². The van der Waals surface area contributed by atoms with Gasteiger partial charge in [0.25, 0.3) is 0 Å². The third kappa shape index (κ3) is 4.09. The number of pyridine rings is 1. The number of hydrogen-bond donors (Lipinski definition) is 0. The molecule has 1 fully saturated rings. The predicted octanol–water partition coefficient (Wildman–Crippen LogP) is 5.39. The van der Waals surface area contributed by atoms with Crippen molar-refractivity contribution >= 4 is 34.2 Å². The second-order valence-electron chi connectivity index (χ2n) is 8.88. The van der Waals surface area contributed by atoms with Crippen LogP contribution in [0.3, 0.4) is 0 Å². The van der Waals surface area contributed by atoms with Crippen LogP contribution in [-0.4, -0.2) is 39.2 Å². The zero-order valence-corrected chi connectivity index (χ0v) is 19.5. The number of Topliss-reactive ketones (excluding diaryl/α,β-unsaturated/α-hetero) is 1. The average Bonchev–Trinajstić information content (AvgIpc) is 3.00. The number of carbonyl (C=O) groups is 2. The summed E-state index contributed by atoms with van der Waals surface area (Å²) >= 11 is 6.36. The first-order chi connectivity index (χ1) is 15.3. The number of ketones is 1. The Morgan fingerprint density at radius 3 is 2.72 bits per heavy atom. The molecule has 0 radical (unpaired) electrons. The Hall–Kier alpha value is -2.92. The van der Waals surface area contributed by atoms with Gasteiger partial charge in [-0.05, 0) is 48.7 Å². The number of halogens is 1. The average molecular weight is 450 g/mol. The molecule has 6 heteroatoms. The molecule has 3 aromatic rings. The van der Waals surface area contributed by atoms with Crippen molar-refractivity contribution in [3.05, 3.63) is 65.6 Å². The molecule has 1 aromatic carbocycles. The lowest BCUT2D eigenvalue weighted by atomic mass is 9.93. The van der Waals surface area contributed by atoms with Gasteiger partial charge in [-0.25, -0.2) is 0 Å². The van der Waals surface area contributed by atoms with E-state index in [1.807, 2.05) is 30.6 Å². The summed E-state index contributed by atoms with van der Waals surface area (Å²) in [6, 6.07) is 7.89. The highest BCUT2D eigenvalue weighted by Gasteiger charge is 2.31. The maximum atomic E-state index is 13.0. The first kappa shape index (κ1) is 22.3. The molecule has 166 valence electrons. The number of benzene rings is 1. The fourth-order valence-electron chi connectivity index (χ4n) is 4.69. The Morgan fingerprint density at radius 1 is 1.28 bits per heavy atom. The van der Waals surface area contributed by atoms with Crippen molar-refractivity contribution in [3.8, 4) is 11.1 Å². The Bertz CT molecular complexity index is 1210. The predicted molar refractivity (Wildman–Crippen MR) is 129 cm³/mol. The number of rotatable bonds is 7. The van der Waals surface area contributed by atoms with Crippen molar-refractivity contribution in [2.75, 3.05) is 13.1 Å². The van der Waals surface area contributed by atoms with Gasteiger partial charge in [-0.3, -0.25) is 14.6 Å². The molecular formula is C26H28ClN3O2. The fourth-order valence-corrected chi connectivity index (χ4v) is 4.86. The lowest BCUT2D eigenvalue weighted by Crippen LogP contribution is -2.50. The third-order valence-electron chi connectivity index (χ3n) is 6.33. The Labute approximate surface area is 193 Å². The summed E-state index contributed by atoms with van der Waals surface area (Å²) in [4.78, 5) is 30.7. The smallest absolute Gasteiger partial charge is 0.245 e. The minimum atomic E-state index is -0.0695. The molecule has 2 aromatic heterocycles. The molecule has 1 aliphatic heterocycles. The highest BCUT2D eigenvalue weighted by Crippen LogP contribution is 2.39. The summed E-state index contributed by atoms with van der Waals surface area (Å²) in [5.74, 6) is 0.650. The van der Waals surface area contributed by atoms with Crippen molar-refractivity contribution in [1.82, 2.24) is 14.5 Å². The molecule has 0 atom stereocenters. The lowest BCUT2D eigenvalue weighted by molar-refractivity contribution is -0.134. The van der Waals surface area contributed by atoms with E-state index in [4.69, 9.17) is 11.6 Å². The maximum Gasteiger partial charge on any atom is 0.245 e. The normalized spacial score (nSPS) is 14.1. The molecule has 5 nitrogen and oxygen atoms in total. The number of carbonyl (C=O) groups excluding carboxylic acids is 2. The van der Waals surface area contributed by atoms with Gasteiger partial charge in [0.15, 0.2) is 5.78 Å². The summed E-state index contributed by atoms with van der Waals surface area (Å²) in [7, 11) is 0. The van der Waals surface area contributed by atoms with Crippen LogP contribution < -0.4 is 0 Å². The van der Waals surface area contributed by atoms with E-state index < -0.39 is 0 Å². The zero-order valence-electron chi connectivity index (χ0n) is 18.8. The van der Waals surface area contributed by atoms with E-state index in [-0.39, 0.29) is 17.6 Å². The summed E-state index contributed by atoms with van der Waals surface area (Å²) in [5, 5.41) is 1.70. The zero-order chi connectivity index (χ0) is 23.0. The van der Waals surface area contributed by atoms with Crippen molar-refractivity contribution in [1.29, 1.82) is 0 Å². The molecule has 32 heavy (non-hydrogen) atoms. The monoisotopic (exact) mass is 449 g/mol. The first-order valence-electron chi connectivity index (χ1n) is 11.0. The molecular weight excluding hydrogens is 422 g/mol. The van der Waals surface area contributed by atoms with E-state index in [2.05, 4.69) is 43.0 Å². The van der Waals surface area contributed by atoms with Crippen molar-refractivity contribution in [2.45, 2.75) is 39.7 Å². The fraction of sp³-hybridized carbons (Fsp3) is 0.346. The topological polar surface area (TPSA) is 55.2 Å². The summed E-state index contributed by atoms with van der Waals surface area (Å²) < 4.78 is 2.09. The van der Waals surface area contributed by atoms with Crippen LogP contribution in [0, 0.1) is 12.8 Å². The summed E-state index contributed by atoms with van der Waals surface area (Å²) in [6.07, 6.45) is 5.52. The largest absolute Gasteiger partial charge is 0.338 e. The van der Waals surface area contributed by atoms with Crippen molar-refractivity contribution in [3.63, 3.8) is 0 Å². The van der Waals surface area contributed by atoms with E-state index in [1.54, 1.807) is 4.90 Å². The number of likely N-dealkylation sites (tertiary alicyclic amines) is 1. The van der Waals surface area contributed by atoms with Crippen LogP contribution in [0.15, 0.2) is 49.3 Å². The van der Waals surface area contributed by atoms with Crippen LogP contribution in [-0.2, 0) is 16.1 Å². The SMILES string of the molecule is C=CC(=O)N1CC(CC(=O)Cn2c(C)c(-c3cnccc3C(C)C)c3cc(Cl)ccc32)C1. The van der Waals surface area contributed by atoms with Crippen molar-refractivity contribution in [2.24, 2.45) is 5.92 Å². The molecule has 4 rings (SSSR count). The molecule has 0 saturated carbocycles. The van der Waals surface area contributed by atoms with Crippen LogP contribution in [0.25, 0.3) is 22.0 Å². The minimum absolute atomic E-state index is 0.0695. The summed E-state index contributed by atoms with van der Waals surface area (Å²) in [6.45, 7) is 11.5. The Kier molecular flexibility index (Phi) is 6.20. The quantitative estimate of drug-likeness (QED) is 0.454. The molecule has 3 heterocycles. The number of amides is 1. The first-order valence-corrected chi connectivity index (χ1v) is 11.3. The van der Waals surface area contributed by atoms with Crippen molar-refractivity contribution < 1.29 is 9.59 Å². The maximum absolute atomic E-state index is 13.0. The molecule has 0 spiro atoms. The minimum Gasteiger partial charge on any atom is -0.338 e. The molecule has 0 N–H and O–H groups in total. The third-order valence-corrected chi connectivity index (χ3v) is 6.56. The Balaban J connectivity index is 1.67. The highest BCUT2D eigenvalue weighted by atomic mass is 35.5. The number of nitrogens with zero attached hydrogens (tertiary/aromatic N) is 3. The molecule has 0 unspecified atom stereocenters. The van der Waals surface area contributed by atoms with Crippen LogP contribution in [0.5, 0.6) is 0 Å². The van der Waals surface area contributed by atoms with Crippen LogP contribution in [0.2, 0.25) is 5.02 Å². The summed E-state index contributed by atoms with van der Waals surface area (Å²) in [5.41, 5.74) is 5.40. The highest BCUT2D eigenvalue weighted by molar-refractivity contribution is 6.31. The lowest BCUT2D eigenvalue weighted by Gasteiger charge is -2.38. The van der Waals surface area contributed by atoms with Gasteiger partial charge in [0.1, 0.15) is 0 Å². The van der Waals surface area contributed by atoms with Crippen LogP contribution >= 0.6 is 11.6 Å². The molecule has 1 amide bonds. The molecule has 0 aliphatic carbocycles. The van der Waals surface area contributed by atoms with E-state index in [1.165, 1.54) is 11.6 Å². The number of hydrogen-bond acceptors (Lipinski definition) is 3. The second-order valence-corrected chi connectivity index (χ2v) is 9.32. The second kappa shape index (κ2) is 8.91. The van der Waals surface area contributed by atoms with Gasteiger partial charge in [-0.1, -0.05) is 32.0 Å². The van der Waals surface area contributed by atoms with E-state index in [0.29, 0.717) is 37.0 Å². The van der Waals surface area contributed by atoms with Crippen LogP contribution in [0.4, 0.5) is 0 Å². The van der Waals surface area contributed by atoms with Gasteiger partial charge in [0.2, 0.25) is 5.91 Å². The van der Waals surface area contributed by atoms with Gasteiger partial charge in [-0.15, -0.1) is 0 Å². The van der Waals surface area contributed by atoms with E-state index >= 15 is 0 Å². The number of aromatic nitrogens is 2. The van der Waals surface area contributed by atoms with E-state index in [9.17, 15) is 9.59 Å². The number of fused-ring (bicyclic) bond motifs is 1. The van der Waals surface area contributed by atoms with Crippen LogP contribution in [0.1, 0.15) is 37.4 Å². The van der Waals surface area contributed by atoms with Gasteiger partial charge in [-0.2, -0.15) is 0 Å².